The van der Waals surface area contributed by atoms with Crippen molar-refractivity contribution < 1.29 is 10.0 Å². The second-order valence-corrected chi connectivity index (χ2v) is 5.80. The highest BCUT2D eigenvalue weighted by molar-refractivity contribution is 7.99. The summed E-state index contributed by atoms with van der Waals surface area (Å²) in [6.45, 7) is 4.17. The largest absolute Gasteiger partial charge is 0.395 e. The molecule has 0 radical (unpaired) electrons. The summed E-state index contributed by atoms with van der Waals surface area (Å²) in [5.41, 5.74) is 1.02. The van der Waals surface area contributed by atoms with Crippen LogP contribution in [0.1, 0.15) is 31.9 Å². The van der Waals surface area contributed by atoms with Gasteiger partial charge in [-0.2, -0.15) is 11.8 Å². The maximum atomic E-state index is 10.8. The Labute approximate surface area is 123 Å². The number of non-ortho nitro benzene ring substituents is 1. The fourth-order valence-corrected chi connectivity index (χ4v) is 2.80. The second-order valence-electron chi connectivity index (χ2n) is 4.73. The van der Waals surface area contributed by atoms with Crippen LogP contribution in [0.3, 0.4) is 0 Å². The van der Waals surface area contributed by atoms with E-state index < -0.39 is 0 Å². The summed E-state index contributed by atoms with van der Waals surface area (Å²) in [7, 11) is 0. The van der Waals surface area contributed by atoms with Gasteiger partial charge in [0.05, 0.1) is 11.5 Å². The van der Waals surface area contributed by atoms with Crippen LogP contribution in [-0.4, -0.2) is 34.2 Å². The van der Waals surface area contributed by atoms with Gasteiger partial charge in [-0.05, 0) is 25.2 Å². The maximum Gasteiger partial charge on any atom is 0.269 e. The molecule has 0 aliphatic carbocycles. The number of thioether (sulfide) groups is 1. The van der Waals surface area contributed by atoms with Gasteiger partial charge in [0, 0.05) is 29.5 Å². The molecule has 20 heavy (non-hydrogen) atoms. The molecule has 1 rings (SSSR count). The Kier molecular flexibility index (Phi) is 6.98. The van der Waals surface area contributed by atoms with Crippen LogP contribution in [0.15, 0.2) is 24.3 Å². The van der Waals surface area contributed by atoms with E-state index in [0.29, 0.717) is 0 Å². The van der Waals surface area contributed by atoms with Crippen LogP contribution in [0.2, 0.25) is 0 Å². The topological polar surface area (TPSA) is 75.4 Å². The van der Waals surface area contributed by atoms with Crippen molar-refractivity contribution in [3.63, 3.8) is 0 Å². The van der Waals surface area contributed by atoms with E-state index in [1.807, 2.05) is 26.2 Å². The lowest BCUT2D eigenvalue weighted by atomic mass is 10.0. The molecule has 3 atom stereocenters. The molecule has 0 spiro atoms. The van der Waals surface area contributed by atoms with Gasteiger partial charge in [0.15, 0.2) is 0 Å². The van der Waals surface area contributed by atoms with E-state index in [1.165, 1.54) is 6.07 Å². The number of nitrogens with one attached hydrogen (secondary N) is 1. The molecule has 0 aliphatic heterocycles. The summed E-state index contributed by atoms with van der Waals surface area (Å²) in [4.78, 5) is 10.5. The molecule has 0 bridgehead atoms. The molecule has 0 aliphatic rings. The molecule has 0 saturated carbocycles. The van der Waals surface area contributed by atoms with Crippen molar-refractivity contribution in [2.75, 3.05) is 12.9 Å². The molecule has 0 amide bonds. The summed E-state index contributed by atoms with van der Waals surface area (Å²) in [6, 6.07) is 6.89. The zero-order valence-corrected chi connectivity index (χ0v) is 12.9. The van der Waals surface area contributed by atoms with Crippen LogP contribution < -0.4 is 5.32 Å². The number of aliphatic hydroxyl groups excluding tert-OH is 1. The third-order valence-corrected chi connectivity index (χ3v) is 4.56. The fourth-order valence-electron chi connectivity index (χ4n) is 2.17. The minimum Gasteiger partial charge on any atom is -0.395 e. The van der Waals surface area contributed by atoms with Crippen molar-refractivity contribution in [3.8, 4) is 0 Å². The second kappa shape index (κ2) is 8.24. The third-order valence-electron chi connectivity index (χ3n) is 3.40. The molecule has 1 aromatic carbocycles. The average Bonchev–Trinajstić information content (AvgIpc) is 2.46. The van der Waals surface area contributed by atoms with Gasteiger partial charge in [0.25, 0.3) is 5.69 Å². The number of rotatable bonds is 8. The van der Waals surface area contributed by atoms with E-state index in [-0.39, 0.29) is 34.6 Å². The molecule has 6 heteroatoms. The van der Waals surface area contributed by atoms with Gasteiger partial charge in [-0.25, -0.2) is 0 Å². The first-order chi connectivity index (χ1) is 9.53. The highest BCUT2D eigenvalue weighted by atomic mass is 32.2. The van der Waals surface area contributed by atoms with Gasteiger partial charge in [-0.3, -0.25) is 10.1 Å². The van der Waals surface area contributed by atoms with E-state index in [0.717, 1.165) is 12.0 Å². The van der Waals surface area contributed by atoms with Gasteiger partial charge in [0.1, 0.15) is 0 Å². The van der Waals surface area contributed by atoms with Crippen molar-refractivity contribution in [3.05, 3.63) is 39.9 Å². The number of aliphatic hydroxyl groups is 1. The van der Waals surface area contributed by atoms with Crippen molar-refractivity contribution >= 4 is 17.4 Å². The molecule has 2 N–H and O–H groups in total. The minimum atomic E-state index is -0.377. The lowest BCUT2D eigenvalue weighted by molar-refractivity contribution is -0.384. The molecule has 0 aromatic heterocycles. The van der Waals surface area contributed by atoms with E-state index in [4.69, 9.17) is 0 Å². The van der Waals surface area contributed by atoms with Crippen molar-refractivity contribution in [2.45, 2.75) is 37.6 Å². The standard InChI is InChI=1S/C14H22N2O3S/c1-4-13(15-10(2)14(9-17)20-3)11-6-5-7-12(8-11)16(18)19/h5-8,10,13-15,17H,4,9H2,1-3H3. The number of hydrogen-bond acceptors (Lipinski definition) is 5. The summed E-state index contributed by atoms with van der Waals surface area (Å²) in [5, 5.41) is 23.7. The predicted molar refractivity (Wildman–Crippen MR) is 83.1 cm³/mol. The van der Waals surface area contributed by atoms with Gasteiger partial charge in [-0.15, -0.1) is 0 Å². The maximum absolute atomic E-state index is 10.8. The zero-order valence-electron chi connectivity index (χ0n) is 12.1. The van der Waals surface area contributed by atoms with Crippen molar-refractivity contribution in [2.24, 2.45) is 0 Å². The highest BCUT2D eigenvalue weighted by Gasteiger charge is 2.20. The summed E-state index contributed by atoms with van der Waals surface area (Å²) < 4.78 is 0. The Balaban J connectivity index is 2.85. The van der Waals surface area contributed by atoms with Gasteiger partial charge >= 0.3 is 0 Å². The molecular weight excluding hydrogens is 276 g/mol. The Morgan fingerprint density at radius 2 is 2.20 bits per heavy atom. The van der Waals surface area contributed by atoms with E-state index in [1.54, 1.807) is 23.9 Å². The molecule has 5 nitrogen and oxygen atoms in total. The quantitative estimate of drug-likeness (QED) is 0.570. The fraction of sp³-hybridized carbons (Fsp3) is 0.571. The van der Waals surface area contributed by atoms with Gasteiger partial charge < -0.3 is 10.4 Å². The third kappa shape index (κ3) is 4.47. The van der Waals surface area contributed by atoms with E-state index in [9.17, 15) is 15.2 Å². The lowest BCUT2D eigenvalue weighted by Gasteiger charge is -2.27. The predicted octanol–water partition coefficient (Wildman–Crippen LogP) is 2.75. The Morgan fingerprint density at radius 3 is 2.70 bits per heavy atom. The van der Waals surface area contributed by atoms with Crippen LogP contribution in [0.4, 0.5) is 5.69 Å². The molecule has 0 saturated heterocycles. The minimum absolute atomic E-state index is 0.0473. The summed E-state index contributed by atoms with van der Waals surface area (Å²) >= 11 is 1.61. The number of nitro benzene ring substituents is 1. The van der Waals surface area contributed by atoms with Crippen LogP contribution >= 0.6 is 11.8 Å². The van der Waals surface area contributed by atoms with Crippen LogP contribution in [0.5, 0.6) is 0 Å². The molecule has 112 valence electrons. The van der Waals surface area contributed by atoms with Gasteiger partial charge in [-0.1, -0.05) is 19.1 Å². The smallest absolute Gasteiger partial charge is 0.269 e. The molecule has 1 aromatic rings. The molecular formula is C14H22N2O3S. The first-order valence-corrected chi connectivity index (χ1v) is 7.96. The van der Waals surface area contributed by atoms with Gasteiger partial charge in [0.2, 0.25) is 0 Å². The van der Waals surface area contributed by atoms with Crippen molar-refractivity contribution in [1.29, 1.82) is 0 Å². The first-order valence-electron chi connectivity index (χ1n) is 6.67. The first kappa shape index (κ1) is 16.9. The van der Waals surface area contributed by atoms with Crippen LogP contribution in [-0.2, 0) is 0 Å². The Hall–Kier alpha value is -1.11. The molecule has 0 fully saturated rings. The number of nitro groups is 1. The normalized spacial score (nSPS) is 15.6. The summed E-state index contributed by atoms with van der Waals surface area (Å²) in [6.07, 6.45) is 2.80. The SMILES string of the molecule is CCC(NC(C)C(CO)SC)c1cccc([N+](=O)[O-])c1. The van der Waals surface area contributed by atoms with Crippen LogP contribution in [0.25, 0.3) is 0 Å². The van der Waals surface area contributed by atoms with E-state index in [2.05, 4.69) is 5.32 Å². The number of nitrogens with zero attached hydrogens (tertiary/aromatic N) is 1. The monoisotopic (exact) mass is 298 g/mol. The molecule has 3 unspecified atom stereocenters. The summed E-state index contributed by atoms with van der Waals surface area (Å²) in [5.74, 6) is 0. The molecule has 0 heterocycles. The Morgan fingerprint density at radius 1 is 1.50 bits per heavy atom. The zero-order chi connectivity index (χ0) is 15.1. The number of benzene rings is 1. The van der Waals surface area contributed by atoms with Crippen molar-refractivity contribution in [1.82, 2.24) is 5.32 Å². The highest BCUT2D eigenvalue weighted by Crippen LogP contribution is 2.23. The van der Waals surface area contributed by atoms with Crippen LogP contribution in [0, 0.1) is 10.1 Å². The average molecular weight is 298 g/mol. The van der Waals surface area contributed by atoms with E-state index >= 15 is 0 Å². The Bertz CT molecular complexity index is 438. The number of hydrogen-bond donors (Lipinski definition) is 2. The lowest BCUT2D eigenvalue weighted by Crippen LogP contribution is -2.39.